The minimum absolute atomic E-state index is 0.0367. The van der Waals surface area contributed by atoms with E-state index in [0.29, 0.717) is 24.4 Å². The predicted octanol–water partition coefficient (Wildman–Crippen LogP) is 2.84. The summed E-state index contributed by atoms with van der Waals surface area (Å²) >= 11 is 0. The second-order valence-electron chi connectivity index (χ2n) is 11.2. The zero-order valence-electron chi connectivity index (χ0n) is 19.5. The number of benzene rings is 1. The number of phenols is 1. The van der Waals surface area contributed by atoms with Gasteiger partial charge in [-0.05, 0) is 81.7 Å². The van der Waals surface area contributed by atoms with Crippen LogP contribution in [-0.4, -0.2) is 57.9 Å². The van der Waals surface area contributed by atoms with Crippen molar-refractivity contribution in [1.82, 2.24) is 10.2 Å². The Morgan fingerprint density at radius 2 is 2.12 bits per heavy atom. The molecule has 1 unspecified atom stereocenters. The molecule has 1 aromatic carbocycles. The van der Waals surface area contributed by atoms with Gasteiger partial charge in [0.2, 0.25) is 5.91 Å². The Kier molecular flexibility index (Phi) is 4.30. The maximum Gasteiger partial charge on any atom is 0.230 e. The van der Waals surface area contributed by atoms with Crippen LogP contribution in [0.2, 0.25) is 0 Å². The molecule has 2 bridgehead atoms. The number of piperidine rings is 1. The van der Waals surface area contributed by atoms with Crippen molar-refractivity contribution in [3.63, 3.8) is 0 Å². The van der Waals surface area contributed by atoms with E-state index < -0.39 is 23.0 Å². The Morgan fingerprint density at radius 3 is 2.88 bits per heavy atom. The summed E-state index contributed by atoms with van der Waals surface area (Å²) in [6.07, 6.45) is 6.52. The van der Waals surface area contributed by atoms with Crippen LogP contribution in [0.3, 0.4) is 0 Å². The summed E-state index contributed by atoms with van der Waals surface area (Å²) < 4.78 is 12.0. The smallest absolute Gasteiger partial charge is 0.230 e. The first-order valence-corrected chi connectivity index (χ1v) is 12.7. The summed E-state index contributed by atoms with van der Waals surface area (Å²) in [6, 6.07) is 7.12. The van der Waals surface area contributed by atoms with E-state index in [1.54, 1.807) is 18.4 Å². The van der Waals surface area contributed by atoms with Gasteiger partial charge in [0.15, 0.2) is 11.5 Å². The highest BCUT2D eigenvalue weighted by molar-refractivity contribution is 5.83. The quantitative estimate of drug-likeness (QED) is 0.630. The lowest BCUT2D eigenvalue weighted by Gasteiger charge is -2.64. The lowest BCUT2D eigenvalue weighted by molar-refractivity contribution is -0.192. The fraction of sp³-hybridized carbons (Fsp3) is 0.593. The number of furan rings is 1. The van der Waals surface area contributed by atoms with Crippen LogP contribution < -0.4 is 10.1 Å². The number of hydrogen-bond acceptors (Lipinski definition) is 6. The number of carbonyl (C=O) groups excluding carboxylic acids is 1. The first-order valence-electron chi connectivity index (χ1n) is 12.7. The van der Waals surface area contributed by atoms with Gasteiger partial charge in [0.25, 0.3) is 0 Å². The predicted molar refractivity (Wildman–Crippen MR) is 124 cm³/mol. The fourth-order valence-electron chi connectivity index (χ4n) is 7.60. The van der Waals surface area contributed by atoms with Gasteiger partial charge in [0.05, 0.1) is 29.2 Å². The number of likely N-dealkylation sites (tertiary alicyclic amines) is 1. The Bertz CT molecular complexity index is 1140. The number of aliphatic hydroxyl groups is 1. The maximum atomic E-state index is 13.2. The second kappa shape index (κ2) is 7.01. The van der Waals surface area contributed by atoms with E-state index in [9.17, 15) is 15.0 Å². The molecule has 7 nitrogen and oxygen atoms in total. The Hall–Kier alpha value is -2.51. The van der Waals surface area contributed by atoms with Gasteiger partial charge in [-0.3, -0.25) is 9.69 Å². The number of nitrogens with zero attached hydrogens (tertiary/aromatic N) is 1. The number of phenolic OH excluding ortho intramolecular Hbond substituents is 1. The van der Waals surface area contributed by atoms with Gasteiger partial charge in [0, 0.05) is 18.2 Å². The SMILES string of the molecule is CC(C(=O)N[C@@H]1CC[C@@]2(O)[C@H]3Cc4ccc(O)c5c4[C@@]2(CCN3CC2CC2)[C@H]1O5)c1ccco1. The van der Waals surface area contributed by atoms with Crippen LogP contribution >= 0.6 is 0 Å². The molecule has 2 aliphatic heterocycles. The second-order valence-corrected chi connectivity index (χ2v) is 11.2. The number of carbonyl (C=O) groups is 1. The summed E-state index contributed by atoms with van der Waals surface area (Å²) in [5.74, 6) is 1.49. The zero-order chi connectivity index (χ0) is 23.2. The van der Waals surface area contributed by atoms with Crippen LogP contribution in [0.5, 0.6) is 11.5 Å². The van der Waals surface area contributed by atoms with Crippen LogP contribution in [0, 0.1) is 5.92 Å². The molecule has 6 atom stereocenters. The molecule has 7 rings (SSSR count). The van der Waals surface area contributed by atoms with Crippen LogP contribution in [0.1, 0.15) is 61.8 Å². The molecule has 0 radical (unpaired) electrons. The largest absolute Gasteiger partial charge is 0.504 e. The summed E-state index contributed by atoms with van der Waals surface area (Å²) in [7, 11) is 0. The lowest BCUT2D eigenvalue weighted by Crippen LogP contribution is -2.78. The van der Waals surface area contributed by atoms with Gasteiger partial charge in [-0.25, -0.2) is 0 Å². The molecule has 3 fully saturated rings. The molecule has 1 saturated heterocycles. The van der Waals surface area contributed by atoms with Crippen LogP contribution in [-0.2, 0) is 16.6 Å². The van der Waals surface area contributed by atoms with E-state index in [2.05, 4.69) is 10.2 Å². The molecule has 3 N–H and O–H groups in total. The molecule has 2 aromatic rings. The first kappa shape index (κ1) is 20.8. The number of nitrogens with one attached hydrogen (secondary N) is 1. The Labute approximate surface area is 199 Å². The monoisotopic (exact) mass is 464 g/mol. The standard InChI is InChI=1S/C27H32N2O5/c1-15(20-3-2-12-33-20)25(31)28-18-8-9-27(32)21-13-17-6-7-19(30)23-22(17)26(27,24(18)34-23)10-11-29(21)14-16-4-5-16/h2-3,6-7,12,15-16,18,21,24,30,32H,4-5,8-11,13-14H2,1H3,(H,28,31)/t15?,18-,21-,24+,26+,27-/m1/s1. The third-order valence-corrected chi connectivity index (χ3v) is 9.45. The van der Waals surface area contributed by atoms with Gasteiger partial charge >= 0.3 is 0 Å². The average Bonchev–Trinajstić information content (AvgIpc) is 3.32. The molecular formula is C27H32N2O5. The minimum atomic E-state index is -0.940. The third-order valence-electron chi connectivity index (χ3n) is 9.45. The van der Waals surface area contributed by atoms with Crippen molar-refractivity contribution in [3.05, 3.63) is 47.4 Å². The molecule has 5 aliphatic rings. The molecule has 1 aromatic heterocycles. The molecule has 180 valence electrons. The van der Waals surface area contributed by atoms with Crippen molar-refractivity contribution >= 4 is 5.91 Å². The highest BCUT2D eigenvalue weighted by atomic mass is 16.5. The number of amides is 1. The molecule has 34 heavy (non-hydrogen) atoms. The van der Waals surface area contributed by atoms with Crippen LogP contribution in [0.15, 0.2) is 34.9 Å². The molecular weight excluding hydrogens is 432 g/mol. The van der Waals surface area contributed by atoms with E-state index in [1.165, 1.54) is 18.4 Å². The third kappa shape index (κ3) is 2.63. The number of rotatable bonds is 5. The van der Waals surface area contributed by atoms with Crippen molar-refractivity contribution < 1.29 is 24.2 Å². The average molecular weight is 465 g/mol. The highest BCUT2D eigenvalue weighted by Gasteiger charge is 2.73. The molecule has 3 aliphatic carbocycles. The molecule has 2 saturated carbocycles. The first-order chi connectivity index (χ1) is 16.4. The number of aromatic hydroxyl groups is 1. The van der Waals surface area contributed by atoms with E-state index >= 15 is 0 Å². The van der Waals surface area contributed by atoms with Gasteiger partial charge in [-0.2, -0.15) is 0 Å². The van der Waals surface area contributed by atoms with Crippen molar-refractivity contribution in [2.24, 2.45) is 5.92 Å². The molecule has 3 heterocycles. The Balaban J connectivity index is 1.27. The van der Waals surface area contributed by atoms with Crippen molar-refractivity contribution in [1.29, 1.82) is 0 Å². The van der Waals surface area contributed by atoms with E-state index in [4.69, 9.17) is 9.15 Å². The Morgan fingerprint density at radius 1 is 1.26 bits per heavy atom. The van der Waals surface area contributed by atoms with Crippen molar-refractivity contribution in [2.45, 2.75) is 80.6 Å². The van der Waals surface area contributed by atoms with Gasteiger partial charge in [0.1, 0.15) is 11.9 Å². The number of hydrogen-bond donors (Lipinski definition) is 3. The van der Waals surface area contributed by atoms with Gasteiger partial charge in [-0.1, -0.05) is 6.07 Å². The number of ether oxygens (including phenoxy) is 1. The van der Waals surface area contributed by atoms with E-state index in [-0.39, 0.29) is 23.7 Å². The normalized spacial score (nSPS) is 36.5. The summed E-state index contributed by atoms with van der Waals surface area (Å²) in [5.41, 5.74) is 0.593. The van der Waals surface area contributed by atoms with Gasteiger partial charge < -0.3 is 24.7 Å². The lowest BCUT2D eigenvalue weighted by atomic mass is 9.48. The van der Waals surface area contributed by atoms with E-state index in [1.807, 2.05) is 19.1 Å². The van der Waals surface area contributed by atoms with Gasteiger partial charge in [-0.15, -0.1) is 0 Å². The summed E-state index contributed by atoms with van der Waals surface area (Å²) in [4.78, 5) is 15.7. The zero-order valence-corrected chi connectivity index (χ0v) is 19.5. The van der Waals surface area contributed by atoms with E-state index in [0.717, 1.165) is 37.4 Å². The summed E-state index contributed by atoms with van der Waals surface area (Å²) in [6.45, 7) is 3.80. The maximum absolute atomic E-state index is 13.2. The highest BCUT2D eigenvalue weighted by Crippen LogP contribution is 2.65. The summed E-state index contributed by atoms with van der Waals surface area (Å²) in [5, 5.41) is 26.5. The molecule has 1 spiro atoms. The van der Waals surface area contributed by atoms with Crippen LogP contribution in [0.25, 0.3) is 0 Å². The topological polar surface area (TPSA) is 95.2 Å². The fourth-order valence-corrected chi connectivity index (χ4v) is 7.60. The molecule has 7 heteroatoms. The minimum Gasteiger partial charge on any atom is -0.504 e. The van der Waals surface area contributed by atoms with Crippen molar-refractivity contribution in [3.8, 4) is 11.5 Å². The van der Waals surface area contributed by atoms with Crippen molar-refractivity contribution in [2.75, 3.05) is 13.1 Å². The molecule has 1 amide bonds. The van der Waals surface area contributed by atoms with Crippen LogP contribution in [0.4, 0.5) is 0 Å².